The molecule has 138 valence electrons. The van der Waals surface area contributed by atoms with E-state index in [1.54, 1.807) is 0 Å². The first-order chi connectivity index (χ1) is 12.0. The van der Waals surface area contributed by atoms with Crippen molar-refractivity contribution >= 4 is 11.6 Å². The van der Waals surface area contributed by atoms with E-state index in [-0.39, 0.29) is 11.8 Å². The summed E-state index contributed by atoms with van der Waals surface area (Å²) in [6.07, 6.45) is 6.13. The molecule has 0 spiro atoms. The van der Waals surface area contributed by atoms with E-state index in [9.17, 15) is 4.79 Å². The van der Waals surface area contributed by atoms with E-state index in [1.165, 1.54) is 44.3 Å². The molecule has 1 heterocycles. The second-order valence-corrected chi connectivity index (χ2v) is 8.60. The van der Waals surface area contributed by atoms with Crippen molar-refractivity contribution in [3.63, 3.8) is 0 Å². The summed E-state index contributed by atoms with van der Waals surface area (Å²) in [5, 5.41) is 3.19. The second kappa shape index (κ2) is 8.35. The molecule has 3 nitrogen and oxygen atoms in total. The predicted octanol–water partition coefficient (Wildman–Crippen LogP) is 4.93. The lowest BCUT2D eigenvalue weighted by Gasteiger charge is -2.36. The van der Waals surface area contributed by atoms with Crippen LogP contribution < -0.4 is 5.32 Å². The molecule has 1 aromatic rings. The summed E-state index contributed by atoms with van der Waals surface area (Å²) in [6.45, 7) is 10.3. The van der Waals surface area contributed by atoms with Crippen LogP contribution in [0.25, 0.3) is 0 Å². The van der Waals surface area contributed by atoms with Crippen LogP contribution in [0.15, 0.2) is 24.3 Å². The Hall–Kier alpha value is -1.35. The van der Waals surface area contributed by atoms with Crippen LogP contribution in [0, 0.1) is 23.7 Å². The highest BCUT2D eigenvalue weighted by Crippen LogP contribution is 2.38. The normalized spacial score (nSPS) is 27.6. The van der Waals surface area contributed by atoms with Gasteiger partial charge in [-0.25, -0.2) is 0 Å². The van der Waals surface area contributed by atoms with E-state index in [0.29, 0.717) is 17.8 Å². The van der Waals surface area contributed by atoms with Crippen molar-refractivity contribution in [1.82, 2.24) is 4.90 Å². The Labute approximate surface area is 153 Å². The summed E-state index contributed by atoms with van der Waals surface area (Å²) < 4.78 is 0. The number of likely N-dealkylation sites (tertiary alicyclic amines) is 1. The maximum atomic E-state index is 12.9. The molecule has 3 rings (SSSR count). The number of carbonyl (C=O) groups excluding carboxylic acids is 1. The minimum absolute atomic E-state index is 0.160. The molecule has 2 aliphatic rings. The molecule has 1 N–H and O–H groups in total. The van der Waals surface area contributed by atoms with Gasteiger partial charge >= 0.3 is 0 Å². The van der Waals surface area contributed by atoms with Crippen molar-refractivity contribution in [3.8, 4) is 0 Å². The third kappa shape index (κ3) is 4.84. The van der Waals surface area contributed by atoms with Crippen molar-refractivity contribution < 1.29 is 4.79 Å². The molecular weight excluding hydrogens is 308 g/mol. The lowest BCUT2D eigenvalue weighted by molar-refractivity contribution is -0.123. The second-order valence-electron chi connectivity index (χ2n) is 8.60. The third-order valence-corrected chi connectivity index (χ3v) is 6.19. The van der Waals surface area contributed by atoms with Gasteiger partial charge in [0.05, 0.1) is 0 Å². The molecular formula is C22H34N2O. The molecule has 1 aliphatic carbocycles. The SMILES string of the molecule is CC(C)[C@@H]1CC[C@@H](C)C[C@H]1C(=O)Nc1ccc(CN2CCCC2)cc1. The van der Waals surface area contributed by atoms with Crippen LogP contribution in [0.5, 0.6) is 0 Å². The summed E-state index contributed by atoms with van der Waals surface area (Å²) in [5.41, 5.74) is 2.28. The summed E-state index contributed by atoms with van der Waals surface area (Å²) >= 11 is 0. The van der Waals surface area contributed by atoms with Gasteiger partial charge in [0, 0.05) is 18.2 Å². The Morgan fingerprint density at radius 1 is 1.16 bits per heavy atom. The van der Waals surface area contributed by atoms with Gasteiger partial charge in [-0.3, -0.25) is 9.69 Å². The molecule has 1 aliphatic heterocycles. The maximum absolute atomic E-state index is 12.9. The van der Waals surface area contributed by atoms with E-state index in [0.717, 1.165) is 18.7 Å². The van der Waals surface area contributed by atoms with E-state index < -0.39 is 0 Å². The zero-order valence-corrected chi connectivity index (χ0v) is 16.1. The Morgan fingerprint density at radius 2 is 1.84 bits per heavy atom. The molecule has 0 bridgehead atoms. The fourth-order valence-corrected chi connectivity index (χ4v) is 4.63. The van der Waals surface area contributed by atoms with E-state index in [4.69, 9.17) is 0 Å². The number of nitrogens with one attached hydrogen (secondary N) is 1. The first kappa shape index (κ1) is 18.4. The molecule has 1 aromatic carbocycles. The maximum Gasteiger partial charge on any atom is 0.227 e. The Morgan fingerprint density at radius 3 is 2.48 bits per heavy atom. The molecule has 1 saturated heterocycles. The number of hydrogen-bond acceptors (Lipinski definition) is 2. The molecule has 2 fully saturated rings. The lowest BCUT2D eigenvalue weighted by Crippen LogP contribution is -2.36. The molecule has 1 amide bonds. The fraction of sp³-hybridized carbons (Fsp3) is 0.682. The van der Waals surface area contributed by atoms with Gasteiger partial charge in [-0.2, -0.15) is 0 Å². The first-order valence-electron chi connectivity index (χ1n) is 10.1. The van der Waals surface area contributed by atoms with E-state index in [2.05, 4.69) is 55.3 Å². The molecule has 25 heavy (non-hydrogen) atoms. The van der Waals surface area contributed by atoms with Gasteiger partial charge in [0.25, 0.3) is 0 Å². The van der Waals surface area contributed by atoms with Crippen LogP contribution in [0.3, 0.4) is 0 Å². The zero-order chi connectivity index (χ0) is 17.8. The topological polar surface area (TPSA) is 32.3 Å². The third-order valence-electron chi connectivity index (χ3n) is 6.19. The molecule has 0 unspecified atom stereocenters. The number of amides is 1. The van der Waals surface area contributed by atoms with Crippen molar-refractivity contribution in [2.24, 2.45) is 23.7 Å². The first-order valence-corrected chi connectivity index (χ1v) is 10.1. The smallest absolute Gasteiger partial charge is 0.227 e. The van der Waals surface area contributed by atoms with Crippen molar-refractivity contribution in [3.05, 3.63) is 29.8 Å². The van der Waals surface area contributed by atoms with Crippen molar-refractivity contribution in [2.75, 3.05) is 18.4 Å². The van der Waals surface area contributed by atoms with Crippen LogP contribution in [0.2, 0.25) is 0 Å². The van der Waals surface area contributed by atoms with Crippen LogP contribution in [-0.2, 0) is 11.3 Å². The standard InChI is InChI=1S/C22H34N2O/c1-16(2)20-11-6-17(3)14-21(20)22(25)23-19-9-7-18(8-10-19)15-24-12-4-5-13-24/h7-10,16-17,20-21H,4-6,11-15H2,1-3H3,(H,23,25)/t17-,20+,21-/m1/s1. The minimum Gasteiger partial charge on any atom is -0.326 e. The number of carbonyl (C=O) groups is 1. The van der Waals surface area contributed by atoms with Crippen LogP contribution in [0.4, 0.5) is 5.69 Å². The van der Waals surface area contributed by atoms with E-state index in [1.807, 2.05) is 0 Å². The number of benzene rings is 1. The Bertz CT molecular complexity index is 560. The molecule has 3 atom stereocenters. The predicted molar refractivity (Wildman–Crippen MR) is 104 cm³/mol. The van der Waals surface area contributed by atoms with Crippen LogP contribution >= 0.6 is 0 Å². The van der Waals surface area contributed by atoms with Crippen molar-refractivity contribution in [2.45, 2.75) is 59.4 Å². The Kier molecular flexibility index (Phi) is 6.16. The summed E-state index contributed by atoms with van der Waals surface area (Å²) in [5.74, 6) is 2.14. The number of rotatable bonds is 5. The number of hydrogen-bond donors (Lipinski definition) is 1. The van der Waals surface area contributed by atoms with Gasteiger partial charge in [0.1, 0.15) is 0 Å². The van der Waals surface area contributed by atoms with Crippen LogP contribution in [0.1, 0.15) is 58.4 Å². The van der Waals surface area contributed by atoms with Crippen molar-refractivity contribution in [1.29, 1.82) is 0 Å². The van der Waals surface area contributed by atoms with Gasteiger partial charge in [-0.1, -0.05) is 39.3 Å². The molecule has 1 saturated carbocycles. The molecule has 0 radical (unpaired) electrons. The number of nitrogens with zero attached hydrogens (tertiary/aromatic N) is 1. The van der Waals surface area contributed by atoms with Crippen LogP contribution in [-0.4, -0.2) is 23.9 Å². The summed E-state index contributed by atoms with van der Waals surface area (Å²) in [4.78, 5) is 15.4. The van der Waals surface area contributed by atoms with Gasteiger partial charge in [0.2, 0.25) is 5.91 Å². The largest absolute Gasteiger partial charge is 0.326 e. The van der Waals surface area contributed by atoms with Gasteiger partial charge in [-0.15, -0.1) is 0 Å². The van der Waals surface area contributed by atoms with E-state index >= 15 is 0 Å². The van der Waals surface area contributed by atoms with Gasteiger partial charge in [-0.05, 0) is 74.2 Å². The highest BCUT2D eigenvalue weighted by atomic mass is 16.1. The minimum atomic E-state index is 0.160. The monoisotopic (exact) mass is 342 g/mol. The summed E-state index contributed by atoms with van der Waals surface area (Å²) in [6, 6.07) is 8.47. The highest BCUT2D eigenvalue weighted by molar-refractivity contribution is 5.92. The quantitative estimate of drug-likeness (QED) is 0.823. The molecule has 0 aromatic heterocycles. The number of anilines is 1. The highest BCUT2D eigenvalue weighted by Gasteiger charge is 2.35. The average Bonchev–Trinajstić information content (AvgIpc) is 3.09. The van der Waals surface area contributed by atoms with Gasteiger partial charge in [0.15, 0.2) is 0 Å². The summed E-state index contributed by atoms with van der Waals surface area (Å²) in [7, 11) is 0. The lowest BCUT2D eigenvalue weighted by atomic mass is 9.70. The van der Waals surface area contributed by atoms with Gasteiger partial charge < -0.3 is 5.32 Å². The Balaban J connectivity index is 1.59. The molecule has 3 heteroatoms. The zero-order valence-electron chi connectivity index (χ0n) is 16.1. The average molecular weight is 343 g/mol. The fourth-order valence-electron chi connectivity index (χ4n) is 4.63.